The number of hydrogen-bond acceptors (Lipinski definition) is 2. The van der Waals surface area contributed by atoms with Gasteiger partial charge in [-0.3, -0.25) is 0 Å². The first-order chi connectivity index (χ1) is 29.3. The predicted octanol–water partition coefficient (Wildman–Crippen LogP) is 11.8. The largest absolute Gasteiger partial charge is 0.228 e. The Bertz CT molecular complexity index is 3260. The van der Waals surface area contributed by atoms with Crippen molar-refractivity contribution in [2.75, 3.05) is 0 Å². The van der Waals surface area contributed by atoms with Gasteiger partial charge in [0, 0.05) is 22.1 Å². The van der Waals surface area contributed by atoms with E-state index in [1.165, 1.54) is 0 Å². The van der Waals surface area contributed by atoms with Crippen molar-refractivity contribution in [3.8, 4) is 56.2 Å². The first kappa shape index (κ1) is 16.1. The molecule has 0 bridgehead atoms. The molecule has 1 aliphatic rings. The number of fused-ring (bicyclic) bond motifs is 5. The van der Waals surface area contributed by atoms with Crippen molar-refractivity contribution < 1.29 is 20.6 Å². The molecule has 47 heavy (non-hydrogen) atoms. The third-order valence-corrected chi connectivity index (χ3v) is 8.65. The van der Waals surface area contributed by atoms with E-state index in [9.17, 15) is 11.0 Å². The van der Waals surface area contributed by atoms with E-state index in [2.05, 4.69) is 0 Å². The van der Waals surface area contributed by atoms with E-state index in [0.29, 0.717) is 22.5 Å². The fraction of sp³-hybridized carbons (Fsp3) is 0.0667. The molecule has 0 aliphatic heterocycles. The maximum Gasteiger partial charge on any atom is 0.161 e. The quantitative estimate of drug-likeness (QED) is 0.197. The topological polar surface area (TPSA) is 25.8 Å². The lowest BCUT2D eigenvalue weighted by Gasteiger charge is -2.22. The number of nitrogens with zero attached hydrogens (tertiary/aromatic N) is 2. The number of aromatic nitrogens is 2. The molecule has 0 saturated carbocycles. The zero-order chi connectivity index (χ0) is 44.6. The lowest BCUT2D eigenvalue weighted by atomic mass is 9.81. The average molecular weight is 616 g/mol. The van der Waals surface area contributed by atoms with Crippen LogP contribution >= 0.6 is 0 Å². The second kappa shape index (κ2) is 10.6. The molecular weight excluding hydrogens is 569 g/mol. The van der Waals surface area contributed by atoms with Gasteiger partial charge in [-0.2, -0.15) is 0 Å². The summed E-state index contributed by atoms with van der Waals surface area (Å²) in [4.78, 5) is 9.68. The Morgan fingerprint density at radius 3 is 1.74 bits per heavy atom. The normalized spacial score (nSPS) is 17.5. The van der Waals surface area contributed by atoms with Crippen molar-refractivity contribution in [3.05, 3.63) is 168 Å². The molecule has 0 amide bonds. The molecular formula is C45H32N2. The zero-order valence-electron chi connectivity index (χ0n) is 40.2. The molecule has 7 aromatic carbocycles. The van der Waals surface area contributed by atoms with Gasteiger partial charge >= 0.3 is 0 Å². The van der Waals surface area contributed by atoms with Crippen LogP contribution in [0.5, 0.6) is 0 Å². The molecule has 2 nitrogen and oxygen atoms in total. The predicted molar refractivity (Wildman–Crippen MR) is 196 cm³/mol. The third kappa shape index (κ3) is 4.40. The Balaban J connectivity index is 1.49. The fourth-order valence-electron chi connectivity index (χ4n) is 6.33. The van der Waals surface area contributed by atoms with Crippen LogP contribution in [0.15, 0.2) is 157 Å². The second-order valence-electron chi connectivity index (χ2n) is 11.8. The minimum atomic E-state index is -1.40. The standard InChI is InChI=1S/C45H32N2/c1-45(2)39-23-13-22-36(43(39)38-26-31-18-9-10-19-32(31)27-40(38)45)35-24-25-37(34-21-12-11-20-33(34)35)44-46-41(29-14-5-3-6-15-29)28-42(47-44)30-16-7-4-8-17-30/h3-28H,1-2H3/i9D,10D,11D,12D,13D,18D,19D,20D,21D,22D,23D,24D,25D,26D,27D. The van der Waals surface area contributed by atoms with E-state index in [1.54, 1.807) is 19.9 Å². The van der Waals surface area contributed by atoms with Crippen LogP contribution < -0.4 is 0 Å². The first-order valence-corrected chi connectivity index (χ1v) is 15.0. The van der Waals surface area contributed by atoms with E-state index in [1.807, 2.05) is 60.7 Å². The Hall–Kier alpha value is -5.86. The minimum Gasteiger partial charge on any atom is -0.228 e. The van der Waals surface area contributed by atoms with Gasteiger partial charge in [0.05, 0.1) is 31.9 Å². The molecule has 1 aliphatic carbocycles. The van der Waals surface area contributed by atoms with Crippen LogP contribution in [0.4, 0.5) is 0 Å². The van der Waals surface area contributed by atoms with E-state index >= 15 is 0 Å². The average Bonchev–Trinajstić information content (AvgIpc) is 3.52. The van der Waals surface area contributed by atoms with Crippen molar-refractivity contribution in [2.45, 2.75) is 19.3 Å². The van der Waals surface area contributed by atoms with E-state index in [0.717, 1.165) is 0 Å². The summed E-state index contributed by atoms with van der Waals surface area (Å²) in [5.41, 5.74) is -0.0841. The van der Waals surface area contributed by atoms with Crippen molar-refractivity contribution in [1.82, 2.24) is 9.97 Å². The van der Waals surface area contributed by atoms with E-state index < -0.39 is 90.0 Å². The van der Waals surface area contributed by atoms with Crippen molar-refractivity contribution in [1.29, 1.82) is 0 Å². The molecule has 222 valence electrons. The Morgan fingerprint density at radius 2 is 1.09 bits per heavy atom. The smallest absolute Gasteiger partial charge is 0.161 e. The zero-order valence-corrected chi connectivity index (χ0v) is 25.2. The van der Waals surface area contributed by atoms with E-state index in [4.69, 9.17) is 19.6 Å². The van der Waals surface area contributed by atoms with Gasteiger partial charge in [0.25, 0.3) is 0 Å². The molecule has 0 radical (unpaired) electrons. The Kier molecular flexibility index (Phi) is 3.64. The van der Waals surface area contributed by atoms with Gasteiger partial charge in [0.15, 0.2) is 5.82 Å². The fourth-order valence-corrected chi connectivity index (χ4v) is 6.33. The van der Waals surface area contributed by atoms with Gasteiger partial charge < -0.3 is 0 Å². The highest BCUT2D eigenvalue weighted by molar-refractivity contribution is 6.08. The van der Waals surface area contributed by atoms with Gasteiger partial charge in [0.1, 0.15) is 0 Å². The number of hydrogen-bond donors (Lipinski definition) is 0. The van der Waals surface area contributed by atoms with Crippen molar-refractivity contribution in [3.63, 3.8) is 0 Å². The molecule has 1 heterocycles. The summed E-state index contributed by atoms with van der Waals surface area (Å²) in [7, 11) is 0. The summed E-state index contributed by atoms with van der Waals surface area (Å²) < 4.78 is 137. The maximum atomic E-state index is 9.77. The maximum absolute atomic E-state index is 9.77. The number of benzene rings is 7. The molecule has 0 spiro atoms. The highest BCUT2D eigenvalue weighted by Crippen LogP contribution is 2.54. The van der Waals surface area contributed by atoms with Crippen molar-refractivity contribution >= 4 is 21.5 Å². The number of rotatable bonds is 4. The molecule has 1 aromatic heterocycles. The summed E-state index contributed by atoms with van der Waals surface area (Å²) >= 11 is 0. The highest BCUT2D eigenvalue weighted by atomic mass is 14.9. The lowest BCUT2D eigenvalue weighted by molar-refractivity contribution is 0.661. The summed E-state index contributed by atoms with van der Waals surface area (Å²) in [5.74, 6) is -0.122. The molecule has 8 aromatic rings. The third-order valence-electron chi connectivity index (χ3n) is 8.65. The van der Waals surface area contributed by atoms with Gasteiger partial charge in [-0.25, -0.2) is 9.97 Å². The molecule has 0 unspecified atom stereocenters. The first-order valence-electron chi connectivity index (χ1n) is 22.5. The second-order valence-corrected chi connectivity index (χ2v) is 11.8. The van der Waals surface area contributed by atoms with Crippen LogP contribution in [0.1, 0.15) is 45.5 Å². The summed E-state index contributed by atoms with van der Waals surface area (Å²) in [6.45, 7) is 3.26. The van der Waals surface area contributed by atoms with E-state index in [-0.39, 0.29) is 72.4 Å². The van der Waals surface area contributed by atoms with Gasteiger partial charge in [-0.1, -0.05) is 147 Å². The SMILES string of the molecule is [2H]c1c([2H])c(-c2c([2H])c([2H])c(-c3nc(-c4ccccc4)cc(-c4ccccc4)n3)c3c([2H])c([2H])c([2H])c([2H])c23)c2c(c1[2H])C(C)(C)c1c-2c([2H])c2c([2H])c([2H])c([2H])c([2H])c2c1[2H]. The van der Waals surface area contributed by atoms with Crippen LogP contribution in [-0.4, -0.2) is 9.97 Å². The van der Waals surface area contributed by atoms with Gasteiger partial charge in [-0.05, 0) is 79.1 Å². The highest BCUT2D eigenvalue weighted by Gasteiger charge is 2.37. The Labute approximate surface area is 296 Å². The minimum absolute atomic E-state index is 0.0476. The summed E-state index contributed by atoms with van der Waals surface area (Å²) in [5, 5.41) is -1.07. The van der Waals surface area contributed by atoms with Crippen LogP contribution in [0.3, 0.4) is 0 Å². The molecule has 2 heteroatoms. The Morgan fingerprint density at radius 1 is 0.511 bits per heavy atom. The molecule has 9 rings (SSSR count). The molecule has 0 atom stereocenters. The van der Waals surface area contributed by atoms with Crippen LogP contribution in [-0.2, 0) is 5.41 Å². The summed E-state index contributed by atoms with van der Waals surface area (Å²) in [6, 6.07) is 11.3. The van der Waals surface area contributed by atoms with Gasteiger partial charge in [0.2, 0.25) is 0 Å². The molecule has 0 saturated heterocycles. The molecule has 0 fully saturated rings. The van der Waals surface area contributed by atoms with Crippen LogP contribution in [0, 0.1) is 0 Å². The van der Waals surface area contributed by atoms with Crippen molar-refractivity contribution in [2.24, 2.45) is 0 Å². The lowest BCUT2D eigenvalue weighted by Crippen LogP contribution is -2.14. The molecule has 0 N–H and O–H groups in total. The monoisotopic (exact) mass is 615 g/mol. The van der Waals surface area contributed by atoms with Gasteiger partial charge in [-0.15, -0.1) is 0 Å². The van der Waals surface area contributed by atoms with Crippen LogP contribution in [0.25, 0.3) is 77.7 Å². The summed E-state index contributed by atoms with van der Waals surface area (Å²) in [6.07, 6.45) is 0. The van der Waals surface area contributed by atoms with Crippen LogP contribution in [0.2, 0.25) is 0 Å².